The number of carbonyl (C=O) groups is 1. The van der Waals surface area contributed by atoms with Crippen LogP contribution in [-0.2, 0) is 9.47 Å². The van der Waals surface area contributed by atoms with E-state index in [1.165, 1.54) is 0 Å². The first-order valence-corrected chi connectivity index (χ1v) is 7.94. The number of hydrogen-bond donors (Lipinski definition) is 2. The second-order valence-electron chi connectivity index (χ2n) is 6.62. The number of aryl methyl sites for hydroxylation is 1. The molecule has 1 heterocycles. The van der Waals surface area contributed by atoms with Gasteiger partial charge in [-0.15, -0.1) is 0 Å². The summed E-state index contributed by atoms with van der Waals surface area (Å²) in [5.74, 6) is 0. The van der Waals surface area contributed by atoms with Crippen LogP contribution in [0.4, 0.5) is 10.5 Å². The van der Waals surface area contributed by atoms with Crippen LogP contribution in [0.15, 0.2) is 18.5 Å². The summed E-state index contributed by atoms with van der Waals surface area (Å²) in [5, 5.41) is 6.18. The van der Waals surface area contributed by atoms with E-state index >= 15 is 0 Å². The van der Waals surface area contributed by atoms with Gasteiger partial charge in [0.25, 0.3) is 0 Å². The molecule has 0 aliphatic carbocycles. The van der Waals surface area contributed by atoms with Crippen LogP contribution in [-0.4, -0.2) is 43.0 Å². The second-order valence-corrected chi connectivity index (χ2v) is 6.62. The van der Waals surface area contributed by atoms with Gasteiger partial charge in [0.1, 0.15) is 5.60 Å². The highest BCUT2D eigenvalue weighted by molar-refractivity contribution is 5.67. The van der Waals surface area contributed by atoms with E-state index in [0.717, 1.165) is 24.1 Å². The molecule has 1 unspecified atom stereocenters. The Kier molecular flexibility index (Phi) is 7.81. The van der Waals surface area contributed by atoms with Crippen molar-refractivity contribution in [1.82, 2.24) is 10.3 Å². The highest BCUT2D eigenvalue weighted by Gasteiger charge is 2.15. The van der Waals surface area contributed by atoms with Gasteiger partial charge in [-0.25, -0.2) is 4.79 Å². The lowest BCUT2D eigenvalue weighted by Crippen LogP contribution is -2.33. The van der Waals surface area contributed by atoms with Crippen LogP contribution < -0.4 is 10.6 Å². The molecule has 2 N–H and O–H groups in total. The molecule has 1 amide bonds. The van der Waals surface area contributed by atoms with Gasteiger partial charge in [-0.2, -0.15) is 0 Å². The summed E-state index contributed by atoms with van der Waals surface area (Å²) < 4.78 is 10.5. The maximum Gasteiger partial charge on any atom is 0.407 e. The van der Waals surface area contributed by atoms with Gasteiger partial charge in [0.05, 0.1) is 12.3 Å². The van der Waals surface area contributed by atoms with Crippen LogP contribution >= 0.6 is 0 Å². The topological polar surface area (TPSA) is 72.5 Å². The minimum Gasteiger partial charge on any atom is -0.444 e. The summed E-state index contributed by atoms with van der Waals surface area (Å²) in [6.45, 7) is 8.72. The Balaban J connectivity index is 2.35. The number of alkyl carbamates (subject to hydrolysis) is 1. The first kappa shape index (κ1) is 19.2. The predicted molar refractivity (Wildman–Crippen MR) is 91.7 cm³/mol. The zero-order chi connectivity index (χ0) is 17.3. The lowest BCUT2D eigenvalue weighted by Gasteiger charge is -2.21. The molecule has 0 radical (unpaired) electrons. The Bertz CT molecular complexity index is 486. The number of carbonyl (C=O) groups excluding carboxylic acids is 1. The maximum absolute atomic E-state index is 11.6. The molecule has 6 heteroatoms. The average molecular weight is 323 g/mol. The molecule has 6 nitrogen and oxygen atoms in total. The van der Waals surface area contributed by atoms with Crippen molar-refractivity contribution in [1.29, 1.82) is 0 Å². The highest BCUT2D eigenvalue weighted by atomic mass is 16.6. The molecule has 0 aliphatic rings. The predicted octanol–water partition coefficient (Wildman–Crippen LogP) is 3.12. The standard InChI is InChI=1S/C17H29N3O3/c1-13-9-15(11-18-10-13)20-14(12-22-5)7-6-8-19-16(21)23-17(2,3)4/h9-11,14,20H,6-8,12H2,1-5H3,(H,19,21). The second kappa shape index (κ2) is 9.35. The van der Waals surface area contributed by atoms with Crippen molar-refractivity contribution < 1.29 is 14.3 Å². The number of rotatable bonds is 8. The molecule has 0 fully saturated rings. The summed E-state index contributed by atoms with van der Waals surface area (Å²) in [7, 11) is 1.68. The molecule has 0 spiro atoms. The first-order valence-electron chi connectivity index (χ1n) is 7.94. The number of amides is 1. The van der Waals surface area contributed by atoms with E-state index in [4.69, 9.17) is 9.47 Å². The number of methoxy groups -OCH3 is 1. The van der Waals surface area contributed by atoms with Gasteiger partial charge < -0.3 is 20.1 Å². The Morgan fingerprint density at radius 2 is 2.09 bits per heavy atom. The summed E-state index contributed by atoms with van der Waals surface area (Å²) in [5.41, 5.74) is 1.62. The molecule has 0 saturated heterocycles. The van der Waals surface area contributed by atoms with Crippen molar-refractivity contribution >= 4 is 11.8 Å². The van der Waals surface area contributed by atoms with Gasteiger partial charge >= 0.3 is 6.09 Å². The Morgan fingerprint density at radius 3 is 2.70 bits per heavy atom. The van der Waals surface area contributed by atoms with E-state index < -0.39 is 5.60 Å². The zero-order valence-corrected chi connectivity index (χ0v) is 14.8. The smallest absolute Gasteiger partial charge is 0.407 e. The molecule has 1 atom stereocenters. The monoisotopic (exact) mass is 323 g/mol. The Hall–Kier alpha value is -1.82. The molecule has 0 aromatic carbocycles. The molecule has 1 aromatic rings. The number of pyridine rings is 1. The average Bonchev–Trinajstić information content (AvgIpc) is 2.42. The fraction of sp³-hybridized carbons (Fsp3) is 0.647. The Morgan fingerprint density at radius 1 is 1.35 bits per heavy atom. The molecule has 0 aliphatic heterocycles. The van der Waals surface area contributed by atoms with E-state index in [-0.39, 0.29) is 12.1 Å². The normalized spacial score (nSPS) is 12.6. The van der Waals surface area contributed by atoms with Crippen LogP contribution in [0.25, 0.3) is 0 Å². The van der Waals surface area contributed by atoms with Gasteiger partial charge in [-0.05, 0) is 52.2 Å². The fourth-order valence-corrected chi connectivity index (χ4v) is 2.12. The third-order valence-corrected chi connectivity index (χ3v) is 3.01. The van der Waals surface area contributed by atoms with Crippen LogP contribution in [0.2, 0.25) is 0 Å². The Labute approximate surface area is 139 Å². The van der Waals surface area contributed by atoms with E-state index in [1.807, 2.05) is 33.9 Å². The molecular weight excluding hydrogens is 294 g/mol. The molecule has 0 bridgehead atoms. The largest absolute Gasteiger partial charge is 0.444 e. The minimum atomic E-state index is -0.470. The SMILES string of the molecule is COCC(CCCNC(=O)OC(C)(C)C)Nc1cncc(C)c1. The molecule has 23 heavy (non-hydrogen) atoms. The lowest BCUT2D eigenvalue weighted by atomic mass is 10.1. The van der Waals surface area contributed by atoms with E-state index in [1.54, 1.807) is 13.3 Å². The first-order chi connectivity index (χ1) is 10.8. The summed E-state index contributed by atoms with van der Waals surface area (Å²) in [6.07, 6.45) is 4.95. The minimum absolute atomic E-state index is 0.170. The van der Waals surface area contributed by atoms with Crippen molar-refractivity contribution in [3.05, 3.63) is 24.0 Å². The van der Waals surface area contributed by atoms with Gasteiger partial charge in [-0.3, -0.25) is 4.98 Å². The van der Waals surface area contributed by atoms with Crippen LogP contribution in [0.1, 0.15) is 39.2 Å². The van der Waals surface area contributed by atoms with Gasteiger partial charge in [-0.1, -0.05) is 0 Å². The molecule has 1 rings (SSSR count). The van der Waals surface area contributed by atoms with E-state index in [2.05, 4.69) is 21.7 Å². The molecule has 1 aromatic heterocycles. The van der Waals surface area contributed by atoms with Gasteiger partial charge in [0.2, 0.25) is 0 Å². The number of nitrogens with zero attached hydrogens (tertiary/aromatic N) is 1. The third-order valence-electron chi connectivity index (χ3n) is 3.01. The maximum atomic E-state index is 11.6. The van der Waals surface area contributed by atoms with Crippen molar-refractivity contribution in [2.45, 2.75) is 52.2 Å². The van der Waals surface area contributed by atoms with Gasteiger partial charge in [0, 0.05) is 32.1 Å². The quantitative estimate of drug-likeness (QED) is 0.719. The van der Waals surface area contributed by atoms with Crippen molar-refractivity contribution in [2.75, 3.05) is 25.6 Å². The molecule has 130 valence electrons. The number of anilines is 1. The van der Waals surface area contributed by atoms with E-state index in [9.17, 15) is 4.79 Å². The number of hydrogen-bond acceptors (Lipinski definition) is 5. The van der Waals surface area contributed by atoms with Gasteiger partial charge in [0.15, 0.2) is 0 Å². The molecular formula is C17H29N3O3. The van der Waals surface area contributed by atoms with Crippen molar-refractivity contribution in [3.8, 4) is 0 Å². The summed E-state index contributed by atoms with van der Waals surface area (Å²) in [4.78, 5) is 15.7. The number of aromatic nitrogens is 1. The fourth-order valence-electron chi connectivity index (χ4n) is 2.12. The summed E-state index contributed by atoms with van der Waals surface area (Å²) >= 11 is 0. The summed E-state index contributed by atoms with van der Waals surface area (Å²) in [6, 6.07) is 2.22. The zero-order valence-electron chi connectivity index (χ0n) is 14.8. The molecule has 0 saturated carbocycles. The van der Waals surface area contributed by atoms with Crippen molar-refractivity contribution in [3.63, 3.8) is 0 Å². The van der Waals surface area contributed by atoms with Crippen molar-refractivity contribution in [2.24, 2.45) is 0 Å². The number of nitrogens with one attached hydrogen (secondary N) is 2. The van der Waals surface area contributed by atoms with Crippen LogP contribution in [0.5, 0.6) is 0 Å². The lowest BCUT2D eigenvalue weighted by molar-refractivity contribution is 0.0526. The third kappa shape index (κ3) is 9.03. The van der Waals surface area contributed by atoms with Crippen LogP contribution in [0.3, 0.4) is 0 Å². The van der Waals surface area contributed by atoms with Crippen LogP contribution in [0, 0.1) is 6.92 Å². The number of ether oxygens (including phenoxy) is 2. The highest BCUT2D eigenvalue weighted by Crippen LogP contribution is 2.12. The van der Waals surface area contributed by atoms with E-state index in [0.29, 0.717) is 13.2 Å².